The summed E-state index contributed by atoms with van der Waals surface area (Å²) in [7, 11) is 0. The van der Waals surface area contributed by atoms with E-state index in [4.69, 9.17) is 10.9 Å². The van der Waals surface area contributed by atoms with Crippen LogP contribution in [0.3, 0.4) is 0 Å². The molecule has 0 aliphatic rings. The monoisotopic (exact) mass is 190 g/mol. The van der Waals surface area contributed by atoms with E-state index in [1.54, 1.807) is 30.5 Å². The number of nitrogens with zero attached hydrogens (tertiary/aromatic N) is 1. The second kappa shape index (κ2) is 3.39. The Morgan fingerprint density at radius 3 is 2.57 bits per heavy atom. The zero-order valence-corrected chi connectivity index (χ0v) is 7.36. The Balaban J connectivity index is 2.34. The standard InChI is InChI=1S/C9H10N4O/c10-13-9-11-5-8(12-9)6-1-3-7(14)4-2-6/h1-5,14H,10H2,(H2,11,12,13). The maximum Gasteiger partial charge on any atom is 0.215 e. The molecule has 72 valence electrons. The number of nitrogen functional groups attached to an aromatic ring is 1. The van der Waals surface area contributed by atoms with Gasteiger partial charge in [0.05, 0.1) is 11.9 Å². The van der Waals surface area contributed by atoms with E-state index in [1.807, 2.05) is 0 Å². The van der Waals surface area contributed by atoms with Crippen LogP contribution < -0.4 is 11.3 Å². The highest BCUT2D eigenvalue weighted by Crippen LogP contribution is 2.20. The maximum absolute atomic E-state index is 9.10. The number of aromatic amines is 1. The first-order valence-electron chi connectivity index (χ1n) is 4.10. The molecule has 1 aromatic carbocycles. The molecule has 5 heteroatoms. The van der Waals surface area contributed by atoms with Crippen molar-refractivity contribution in [2.24, 2.45) is 5.84 Å². The van der Waals surface area contributed by atoms with Crippen molar-refractivity contribution < 1.29 is 5.11 Å². The number of phenols is 1. The Bertz CT molecular complexity index is 421. The molecular formula is C9H10N4O. The Morgan fingerprint density at radius 1 is 1.29 bits per heavy atom. The third kappa shape index (κ3) is 1.53. The summed E-state index contributed by atoms with van der Waals surface area (Å²) in [6.45, 7) is 0. The minimum absolute atomic E-state index is 0.241. The normalized spacial score (nSPS) is 10.1. The van der Waals surface area contributed by atoms with Crippen molar-refractivity contribution in [3.05, 3.63) is 30.5 Å². The fourth-order valence-electron chi connectivity index (χ4n) is 1.18. The Kier molecular flexibility index (Phi) is 2.08. The molecule has 0 amide bonds. The number of rotatable bonds is 2. The quantitative estimate of drug-likeness (QED) is 0.421. The molecule has 5 nitrogen and oxygen atoms in total. The van der Waals surface area contributed by atoms with E-state index in [-0.39, 0.29) is 5.75 Å². The molecule has 2 aromatic rings. The third-order valence-electron chi connectivity index (χ3n) is 1.89. The Morgan fingerprint density at radius 2 is 2.00 bits per heavy atom. The van der Waals surface area contributed by atoms with E-state index in [0.29, 0.717) is 5.95 Å². The number of hydrogen-bond donors (Lipinski definition) is 4. The fraction of sp³-hybridized carbons (Fsp3) is 0. The van der Waals surface area contributed by atoms with Gasteiger partial charge in [0.2, 0.25) is 5.95 Å². The van der Waals surface area contributed by atoms with Gasteiger partial charge in [-0.3, -0.25) is 5.43 Å². The van der Waals surface area contributed by atoms with Crippen LogP contribution in [0.1, 0.15) is 0 Å². The zero-order valence-electron chi connectivity index (χ0n) is 7.36. The second-order valence-corrected chi connectivity index (χ2v) is 2.84. The summed E-state index contributed by atoms with van der Waals surface area (Å²) in [6, 6.07) is 6.82. The van der Waals surface area contributed by atoms with Crippen molar-refractivity contribution in [1.29, 1.82) is 0 Å². The van der Waals surface area contributed by atoms with Crippen LogP contribution in [-0.2, 0) is 0 Å². The highest BCUT2D eigenvalue weighted by Gasteiger charge is 2.01. The molecule has 5 N–H and O–H groups in total. The maximum atomic E-state index is 9.10. The number of aromatic nitrogens is 2. The molecule has 0 saturated carbocycles. The van der Waals surface area contributed by atoms with Gasteiger partial charge in [0.1, 0.15) is 5.75 Å². The lowest BCUT2D eigenvalue weighted by atomic mass is 10.2. The summed E-state index contributed by atoms with van der Waals surface area (Å²) >= 11 is 0. The van der Waals surface area contributed by atoms with Crippen molar-refractivity contribution in [2.75, 3.05) is 5.43 Å². The Labute approximate surface area is 80.6 Å². The van der Waals surface area contributed by atoms with Gasteiger partial charge in [-0.05, 0) is 29.8 Å². The average Bonchev–Trinajstić information content (AvgIpc) is 2.67. The van der Waals surface area contributed by atoms with Crippen molar-refractivity contribution in [3.8, 4) is 17.0 Å². The molecule has 1 heterocycles. The van der Waals surface area contributed by atoms with E-state index in [2.05, 4.69) is 15.4 Å². The molecule has 0 fully saturated rings. The molecule has 0 atom stereocenters. The molecule has 2 rings (SSSR count). The van der Waals surface area contributed by atoms with Gasteiger partial charge in [-0.15, -0.1) is 0 Å². The minimum atomic E-state index is 0.241. The van der Waals surface area contributed by atoms with Crippen LogP contribution in [0.25, 0.3) is 11.3 Å². The van der Waals surface area contributed by atoms with E-state index >= 15 is 0 Å². The van der Waals surface area contributed by atoms with Crippen LogP contribution >= 0.6 is 0 Å². The number of phenolic OH excluding ortho intramolecular Hbond substituents is 1. The smallest absolute Gasteiger partial charge is 0.215 e. The van der Waals surface area contributed by atoms with E-state index in [0.717, 1.165) is 11.3 Å². The third-order valence-corrected chi connectivity index (χ3v) is 1.89. The van der Waals surface area contributed by atoms with Gasteiger partial charge in [0.25, 0.3) is 0 Å². The lowest BCUT2D eigenvalue weighted by Gasteiger charge is -1.97. The highest BCUT2D eigenvalue weighted by molar-refractivity contribution is 5.60. The first kappa shape index (κ1) is 8.58. The number of nitrogens with two attached hydrogens (primary N) is 1. The van der Waals surface area contributed by atoms with Crippen LogP contribution in [0.15, 0.2) is 30.5 Å². The SMILES string of the molecule is NNc1ncc(-c2ccc(O)cc2)[nH]1. The highest BCUT2D eigenvalue weighted by atomic mass is 16.3. The summed E-state index contributed by atoms with van der Waals surface area (Å²) < 4.78 is 0. The summed E-state index contributed by atoms with van der Waals surface area (Å²) in [5.74, 6) is 5.93. The molecule has 0 aliphatic heterocycles. The molecule has 0 spiro atoms. The van der Waals surface area contributed by atoms with Crippen LogP contribution in [-0.4, -0.2) is 15.1 Å². The fourth-order valence-corrected chi connectivity index (χ4v) is 1.18. The number of hydrazine groups is 1. The van der Waals surface area contributed by atoms with Crippen molar-refractivity contribution >= 4 is 5.95 Å². The molecule has 0 aliphatic carbocycles. The van der Waals surface area contributed by atoms with Gasteiger partial charge in [-0.2, -0.15) is 0 Å². The van der Waals surface area contributed by atoms with Gasteiger partial charge >= 0.3 is 0 Å². The lowest BCUT2D eigenvalue weighted by molar-refractivity contribution is 0.475. The predicted molar refractivity (Wildman–Crippen MR) is 53.5 cm³/mol. The molecule has 0 unspecified atom stereocenters. The predicted octanol–water partition coefficient (Wildman–Crippen LogP) is 1.07. The van der Waals surface area contributed by atoms with Crippen molar-refractivity contribution in [3.63, 3.8) is 0 Å². The van der Waals surface area contributed by atoms with Crippen LogP contribution in [0.2, 0.25) is 0 Å². The van der Waals surface area contributed by atoms with Gasteiger partial charge < -0.3 is 10.1 Å². The van der Waals surface area contributed by atoms with E-state index < -0.39 is 0 Å². The first-order valence-corrected chi connectivity index (χ1v) is 4.10. The molecule has 1 aromatic heterocycles. The summed E-state index contributed by atoms with van der Waals surface area (Å²) in [5.41, 5.74) is 4.20. The van der Waals surface area contributed by atoms with Gasteiger partial charge in [-0.1, -0.05) is 0 Å². The van der Waals surface area contributed by atoms with Crippen molar-refractivity contribution in [1.82, 2.24) is 9.97 Å². The molecule has 0 saturated heterocycles. The average molecular weight is 190 g/mol. The number of nitrogens with one attached hydrogen (secondary N) is 2. The first-order chi connectivity index (χ1) is 6.79. The summed E-state index contributed by atoms with van der Waals surface area (Å²) in [5, 5.41) is 9.10. The summed E-state index contributed by atoms with van der Waals surface area (Å²) in [6.07, 6.45) is 1.67. The van der Waals surface area contributed by atoms with Crippen LogP contribution in [0.5, 0.6) is 5.75 Å². The minimum Gasteiger partial charge on any atom is -0.508 e. The largest absolute Gasteiger partial charge is 0.508 e. The Hall–Kier alpha value is -2.01. The number of benzene rings is 1. The molecule has 0 radical (unpaired) electrons. The lowest BCUT2D eigenvalue weighted by Crippen LogP contribution is -2.07. The number of H-pyrrole nitrogens is 1. The van der Waals surface area contributed by atoms with Crippen LogP contribution in [0, 0.1) is 0 Å². The second-order valence-electron chi connectivity index (χ2n) is 2.84. The van der Waals surface area contributed by atoms with Crippen LogP contribution in [0.4, 0.5) is 5.95 Å². The van der Waals surface area contributed by atoms with Gasteiger partial charge in [0.15, 0.2) is 0 Å². The number of aromatic hydroxyl groups is 1. The number of hydrogen-bond acceptors (Lipinski definition) is 4. The molecule has 0 bridgehead atoms. The van der Waals surface area contributed by atoms with Gasteiger partial charge in [-0.25, -0.2) is 10.8 Å². The topological polar surface area (TPSA) is 87.0 Å². The van der Waals surface area contributed by atoms with Crippen molar-refractivity contribution in [2.45, 2.75) is 0 Å². The summed E-state index contributed by atoms with van der Waals surface area (Å²) in [4.78, 5) is 6.95. The van der Waals surface area contributed by atoms with E-state index in [1.165, 1.54) is 0 Å². The van der Waals surface area contributed by atoms with E-state index in [9.17, 15) is 0 Å². The van der Waals surface area contributed by atoms with Gasteiger partial charge in [0, 0.05) is 0 Å². The molecular weight excluding hydrogens is 180 g/mol. The number of imidazole rings is 1. The number of anilines is 1. The zero-order chi connectivity index (χ0) is 9.97. The molecule has 14 heavy (non-hydrogen) atoms.